The van der Waals surface area contributed by atoms with Crippen LogP contribution < -0.4 is 9.47 Å². The molecule has 0 aromatic heterocycles. The maximum Gasteiger partial charge on any atom is 0.239 e. The topological polar surface area (TPSA) is 110 Å². The molecule has 9 nitrogen and oxygen atoms in total. The third-order valence-electron chi connectivity index (χ3n) is 11.2. The summed E-state index contributed by atoms with van der Waals surface area (Å²) in [5, 5.41) is 24.3. The van der Waals surface area contributed by atoms with Gasteiger partial charge in [-0.05, 0) is 111 Å². The molecule has 2 N–H and O–H groups in total. The first-order valence-electron chi connectivity index (χ1n) is 19.2. The lowest BCUT2D eigenvalue weighted by molar-refractivity contribution is -0.257. The summed E-state index contributed by atoms with van der Waals surface area (Å²) in [7, 11) is 1.58. The molecule has 2 aromatic rings. The summed E-state index contributed by atoms with van der Waals surface area (Å²) in [6, 6.07) is 13.7. The lowest BCUT2D eigenvalue weighted by Crippen LogP contribution is -2.70. The maximum absolute atomic E-state index is 14.2. The molecule has 2 fully saturated rings. The predicted octanol–water partition coefficient (Wildman–Crippen LogP) is 8.11. The summed E-state index contributed by atoms with van der Waals surface area (Å²) in [4.78, 5) is 22.9. The van der Waals surface area contributed by atoms with Crippen molar-refractivity contribution >= 4 is 23.4 Å². The van der Waals surface area contributed by atoms with E-state index in [9.17, 15) is 15.0 Å². The number of carbonyl (C=O) groups is 1. The van der Waals surface area contributed by atoms with Crippen LogP contribution in [-0.2, 0) is 14.4 Å². The number of unbranched alkanes of at least 4 members (excludes halogenated alkanes) is 2. The van der Waals surface area contributed by atoms with Crippen molar-refractivity contribution in [3.05, 3.63) is 72.3 Å². The largest absolute Gasteiger partial charge is 0.459 e. The number of ether oxygens (including phenoxy) is 3. The van der Waals surface area contributed by atoms with Crippen molar-refractivity contribution in [1.82, 2.24) is 4.90 Å². The summed E-state index contributed by atoms with van der Waals surface area (Å²) in [5.74, 6) is 1.08. The van der Waals surface area contributed by atoms with Gasteiger partial charge in [0, 0.05) is 48.5 Å². The Hall–Kier alpha value is -3.31. The quantitative estimate of drug-likeness (QED) is 0.0646. The molecule has 0 unspecified atom stereocenters. The van der Waals surface area contributed by atoms with E-state index in [1.54, 1.807) is 24.9 Å². The highest BCUT2D eigenvalue weighted by Crippen LogP contribution is 2.62. The second kappa shape index (κ2) is 17.7. The van der Waals surface area contributed by atoms with Crippen LogP contribution in [0, 0.1) is 23.7 Å². The zero-order valence-corrected chi connectivity index (χ0v) is 31.8. The minimum Gasteiger partial charge on any atom is -0.459 e. The van der Waals surface area contributed by atoms with Crippen LogP contribution in [0.4, 0.5) is 0 Å². The highest BCUT2D eigenvalue weighted by molar-refractivity contribution is 7.98. The number of allylic oxidation sites excluding steroid dienone is 1. The minimum absolute atomic E-state index is 0.0209. The number of nitrogens with zero attached hydrogens (tertiary/aromatic N) is 2. The van der Waals surface area contributed by atoms with Crippen molar-refractivity contribution in [2.24, 2.45) is 28.8 Å². The number of thioether (sulfide) groups is 1. The number of rotatable bonds is 19. The second-order valence-electron chi connectivity index (χ2n) is 14.5. The molecule has 0 bridgehead atoms. The summed E-state index contributed by atoms with van der Waals surface area (Å²) in [6.45, 7) is 7.24. The van der Waals surface area contributed by atoms with Gasteiger partial charge in [-0.2, -0.15) is 0 Å². The molecule has 0 radical (unpaired) electrons. The first-order chi connectivity index (χ1) is 25.4. The van der Waals surface area contributed by atoms with E-state index in [4.69, 9.17) is 19.0 Å². The molecule has 6 rings (SSSR count). The van der Waals surface area contributed by atoms with Gasteiger partial charge in [0.05, 0.1) is 18.2 Å². The molecule has 3 aliphatic carbocycles. The average Bonchev–Trinajstić information content (AvgIpc) is 4.01. The molecule has 10 heteroatoms. The van der Waals surface area contributed by atoms with Crippen molar-refractivity contribution in [3.63, 3.8) is 0 Å². The SMILES string of the molecule is C=CCO[C@@]12Oc3ccc(Oc4ccc(SC)cc4)cc3[C@H]3[C@H](CCCCO)[C@@H](CCCCO)C=C(C(=NOC)C[C@@H]1N(CCC)C(=O)C1CC1)[C@H]32. The molecule has 6 atom stereocenters. The normalized spacial score (nSPS) is 26.8. The third kappa shape index (κ3) is 7.96. The monoisotopic (exact) mass is 732 g/mol. The molecule has 0 spiro atoms. The van der Waals surface area contributed by atoms with Gasteiger partial charge in [0.15, 0.2) is 0 Å². The number of hydrogen-bond acceptors (Lipinski definition) is 9. The first kappa shape index (κ1) is 38.4. The predicted molar refractivity (Wildman–Crippen MR) is 205 cm³/mol. The highest BCUT2D eigenvalue weighted by atomic mass is 32.2. The average molecular weight is 733 g/mol. The Morgan fingerprint density at radius 3 is 2.46 bits per heavy atom. The smallest absolute Gasteiger partial charge is 0.239 e. The Bertz CT molecular complexity index is 1590. The van der Waals surface area contributed by atoms with Gasteiger partial charge < -0.3 is 34.2 Å². The molecular formula is C42H56N2O7S. The number of fused-ring (bicyclic) bond motifs is 2. The molecule has 1 aliphatic heterocycles. The van der Waals surface area contributed by atoms with Gasteiger partial charge in [-0.25, -0.2) is 0 Å². The van der Waals surface area contributed by atoms with Crippen LogP contribution in [0.1, 0.15) is 82.6 Å². The number of benzene rings is 2. The standard InChI is InChI=1S/C42H56N2O7S/c1-5-21-44(41(47)28-13-14-28)38-27-36(43-48-3)34-25-29(11-7-9-22-45)33(12-8-10-23-46)39-35-26-31(50-30-15-18-32(52-4)19-16-30)17-20-37(35)51-42(38,40(34)39)49-24-6-2/h6,15-20,25-26,28-29,33,38-40,45-46H,2,5,7-14,21-24,27H2,1,3-4H3/t29-,33+,38-,39+,40+,42+/m0/s1. The number of oxime groups is 1. The number of hydrogen-bond donors (Lipinski definition) is 2. The Morgan fingerprint density at radius 1 is 1.08 bits per heavy atom. The first-order valence-corrected chi connectivity index (χ1v) is 20.4. The van der Waals surface area contributed by atoms with E-state index in [2.05, 4.69) is 49.2 Å². The van der Waals surface area contributed by atoms with Crippen molar-refractivity contribution in [1.29, 1.82) is 0 Å². The van der Waals surface area contributed by atoms with Gasteiger partial charge in [0.25, 0.3) is 0 Å². The van der Waals surface area contributed by atoms with Crippen molar-refractivity contribution in [3.8, 4) is 17.2 Å². The van der Waals surface area contributed by atoms with E-state index in [0.29, 0.717) is 19.4 Å². The molecule has 1 amide bonds. The van der Waals surface area contributed by atoms with E-state index in [-0.39, 0.29) is 55.3 Å². The van der Waals surface area contributed by atoms with Gasteiger partial charge in [-0.1, -0.05) is 37.1 Å². The number of amides is 1. The third-order valence-corrected chi connectivity index (χ3v) is 11.9. The second-order valence-corrected chi connectivity index (χ2v) is 15.4. The van der Waals surface area contributed by atoms with Crippen molar-refractivity contribution in [2.45, 2.75) is 93.8 Å². The highest BCUT2D eigenvalue weighted by Gasteiger charge is 2.65. The lowest BCUT2D eigenvalue weighted by atomic mass is 9.55. The number of aliphatic hydroxyl groups is 2. The van der Waals surface area contributed by atoms with E-state index in [1.807, 2.05) is 29.2 Å². The molecule has 0 saturated heterocycles. The summed E-state index contributed by atoms with van der Waals surface area (Å²) < 4.78 is 20.8. The maximum atomic E-state index is 14.2. The van der Waals surface area contributed by atoms with Gasteiger partial charge >= 0.3 is 0 Å². The Balaban J connectivity index is 1.55. The zero-order valence-electron chi connectivity index (χ0n) is 31.0. The Kier molecular flexibility index (Phi) is 13.1. The van der Waals surface area contributed by atoms with Crippen LogP contribution in [0.25, 0.3) is 0 Å². The molecule has 4 aliphatic rings. The molecule has 2 saturated carbocycles. The summed E-state index contributed by atoms with van der Waals surface area (Å²) in [5.41, 5.74) is 2.90. The van der Waals surface area contributed by atoms with Gasteiger partial charge in [-0.15, -0.1) is 18.3 Å². The van der Waals surface area contributed by atoms with E-state index >= 15 is 0 Å². The van der Waals surface area contributed by atoms with Crippen LogP contribution in [0.2, 0.25) is 0 Å². The zero-order chi connectivity index (χ0) is 36.7. The summed E-state index contributed by atoms with van der Waals surface area (Å²) in [6.07, 6.45) is 14.2. The molecule has 52 heavy (non-hydrogen) atoms. The van der Waals surface area contributed by atoms with Crippen LogP contribution in [0.5, 0.6) is 17.2 Å². The Morgan fingerprint density at radius 2 is 1.81 bits per heavy atom. The summed E-state index contributed by atoms with van der Waals surface area (Å²) >= 11 is 1.69. The minimum atomic E-state index is -1.22. The number of carbonyl (C=O) groups excluding carboxylic acids is 1. The fourth-order valence-electron chi connectivity index (χ4n) is 8.83. The van der Waals surface area contributed by atoms with E-state index in [1.165, 1.54) is 4.90 Å². The fourth-order valence-corrected chi connectivity index (χ4v) is 9.24. The van der Waals surface area contributed by atoms with Crippen LogP contribution >= 0.6 is 11.8 Å². The van der Waals surface area contributed by atoms with E-state index in [0.717, 1.165) is 85.5 Å². The molecular weight excluding hydrogens is 677 g/mol. The van der Waals surface area contributed by atoms with Crippen LogP contribution in [-0.4, -0.2) is 78.3 Å². The molecule has 282 valence electrons. The molecule has 2 aromatic carbocycles. The van der Waals surface area contributed by atoms with Crippen LogP contribution in [0.15, 0.2) is 76.8 Å². The lowest BCUT2D eigenvalue weighted by Gasteiger charge is -2.60. The fraction of sp³-hybridized carbons (Fsp3) is 0.571. The van der Waals surface area contributed by atoms with Crippen molar-refractivity contribution < 1.29 is 34.1 Å². The van der Waals surface area contributed by atoms with Crippen molar-refractivity contribution in [2.75, 3.05) is 39.7 Å². The van der Waals surface area contributed by atoms with E-state index < -0.39 is 11.8 Å². The van der Waals surface area contributed by atoms with Crippen LogP contribution in [0.3, 0.4) is 0 Å². The Labute approximate surface area is 313 Å². The number of aliphatic hydroxyl groups excluding tert-OH is 2. The van der Waals surface area contributed by atoms with Gasteiger partial charge in [-0.3, -0.25) is 4.79 Å². The molecule has 1 heterocycles. The van der Waals surface area contributed by atoms with Gasteiger partial charge in [0.1, 0.15) is 30.4 Å². The van der Waals surface area contributed by atoms with Gasteiger partial charge in [0.2, 0.25) is 11.7 Å².